The number of benzene rings is 1. The third-order valence-electron chi connectivity index (χ3n) is 3.72. The Kier molecular flexibility index (Phi) is 3.17. The zero-order chi connectivity index (χ0) is 12.6. The van der Waals surface area contributed by atoms with Gasteiger partial charge in [0.1, 0.15) is 0 Å². The molecule has 2 nitrogen and oxygen atoms in total. The van der Waals surface area contributed by atoms with Gasteiger partial charge in [-0.25, -0.2) is 0 Å². The molecule has 1 aromatic rings. The van der Waals surface area contributed by atoms with Crippen molar-refractivity contribution in [2.24, 2.45) is 0 Å². The van der Waals surface area contributed by atoms with Crippen LogP contribution in [-0.4, -0.2) is 11.1 Å². The van der Waals surface area contributed by atoms with Gasteiger partial charge in [-0.15, -0.1) is 0 Å². The predicted molar refractivity (Wildman–Crippen MR) is 68.7 cm³/mol. The minimum Gasteiger partial charge on any atom is -0.481 e. The number of carboxylic acids is 1. The van der Waals surface area contributed by atoms with Gasteiger partial charge in [-0.1, -0.05) is 31.5 Å². The molecule has 1 atom stereocenters. The monoisotopic (exact) mass is 252 g/mol. The first-order chi connectivity index (χ1) is 7.90. The molecule has 0 saturated heterocycles. The van der Waals surface area contributed by atoms with Crippen LogP contribution >= 0.6 is 11.6 Å². The second kappa shape index (κ2) is 4.34. The lowest BCUT2D eigenvalue weighted by molar-refractivity contribution is -0.137. The van der Waals surface area contributed by atoms with Gasteiger partial charge < -0.3 is 5.11 Å². The summed E-state index contributed by atoms with van der Waals surface area (Å²) in [6.07, 6.45) is 2.16. The largest absolute Gasteiger partial charge is 0.481 e. The van der Waals surface area contributed by atoms with Crippen LogP contribution in [0.3, 0.4) is 0 Å². The Balaban J connectivity index is 2.44. The molecule has 0 heterocycles. The van der Waals surface area contributed by atoms with Crippen LogP contribution in [0.2, 0.25) is 5.02 Å². The Morgan fingerprint density at radius 3 is 2.88 bits per heavy atom. The van der Waals surface area contributed by atoms with E-state index >= 15 is 0 Å². The molecule has 2 rings (SSSR count). The van der Waals surface area contributed by atoms with Gasteiger partial charge in [-0.05, 0) is 47.4 Å². The highest BCUT2D eigenvalue weighted by Crippen LogP contribution is 2.44. The SMILES string of the molecule is CC1(C)CCC(CC(=O)O)c2ccc(Cl)cc21. The third-order valence-corrected chi connectivity index (χ3v) is 3.96. The molecule has 0 aromatic heterocycles. The summed E-state index contributed by atoms with van der Waals surface area (Å²) in [5, 5.41) is 9.68. The highest BCUT2D eigenvalue weighted by atomic mass is 35.5. The molecule has 0 saturated carbocycles. The van der Waals surface area contributed by atoms with E-state index in [4.69, 9.17) is 16.7 Å². The van der Waals surface area contributed by atoms with Gasteiger partial charge in [-0.3, -0.25) is 4.79 Å². The molecule has 0 aliphatic heterocycles. The smallest absolute Gasteiger partial charge is 0.303 e. The molecule has 1 aliphatic carbocycles. The minimum atomic E-state index is -0.726. The molecule has 92 valence electrons. The summed E-state index contributed by atoms with van der Waals surface area (Å²) >= 11 is 6.04. The quantitative estimate of drug-likeness (QED) is 0.865. The van der Waals surface area contributed by atoms with Crippen LogP contribution in [0.25, 0.3) is 0 Å². The Morgan fingerprint density at radius 2 is 2.24 bits per heavy atom. The standard InChI is InChI=1S/C14H17ClO2/c1-14(2)6-5-9(7-13(16)17)11-4-3-10(15)8-12(11)14/h3-4,8-9H,5-7H2,1-2H3,(H,16,17). The number of hydrogen-bond donors (Lipinski definition) is 1. The number of carbonyl (C=O) groups is 1. The maximum absolute atomic E-state index is 10.9. The lowest BCUT2D eigenvalue weighted by atomic mass is 9.68. The number of halogens is 1. The van der Waals surface area contributed by atoms with Gasteiger partial charge in [-0.2, -0.15) is 0 Å². The Labute approximate surface area is 107 Å². The third kappa shape index (κ3) is 2.47. The molecule has 1 aromatic carbocycles. The zero-order valence-corrected chi connectivity index (χ0v) is 10.9. The Hall–Kier alpha value is -1.02. The summed E-state index contributed by atoms with van der Waals surface area (Å²) < 4.78 is 0. The van der Waals surface area contributed by atoms with E-state index in [1.165, 1.54) is 5.56 Å². The highest BCUT2D eigenvalue weighted by molar-refractivity contribution is 6.30. The molecule has 3 heteroatoms. The highest BCUT2D eigenvalue weighted by Gasteiger charge is 2.33. The van der Waals surface area contributed by atoms with E-state index in [-0.39, 0.29) is 17.8 Å². The molecule has 1 unspecified atom stereocenters. The van der Waals surface area contributed by atoms with Crippen LogP contribution < -0.4 is 0 Å². The van der Waals surface area contributed by atoms with Crippen molar-refractivity contribution in [3.8, 4) is 0 Å². The van der Waals surface area contributed by atoms with Crippen molar-refractivity contribution in [1.82, 2.24) is 0 Å². The van der Waals surface area contributed by atoms with Crippen LogP contribution in [0.15, 0.2) is 18.2 Å². The van der Waals surface area contributed by atoms with Gasteiger partial charge in [0, 0.05) is 5.02 Å². The van der Waals surface area contributed by atoms with Gasteiger partial charge in [0.05, 0.1) is 6.42 Å². The fourth-order valence-electron chi connectivity index (χ4n) is 2.72. The van der Waals surface area contributed by atoms with Crippen molar-refractivity contribution in [3.63, 3.8) is 0 Å². The molecular weight excluding hydrogens is 236 g/mol. The lowest BCUT2D eigenvalue weighted by Gasteiger charge is -2.36. The number of fused-ring (bicyclic) bond motifs is 1. The van der Waals surface area contributed by atoms with Gasteiger partial charge in [0.2, 0.25) is 0 Å². The second-order valence-electron chi connectivity index (χ2n) is 5.45. The Bertz CT molecular complexity index is 452. The normalized spacial score (nSPS) is 21.9. The van der Waals surface area contributed by atoms with E-state index < -0.39 is 5.97 Å². The summed E-state index contributed by atoms with van der Waals surface area (Å²) in [6, 6.07) is 5.84. The molecule has 1 aliphatic rings. The van der Waals surface area contributed by atoms with Gasteiger partial charge in [0.15, 0.2) is 0 Å². The Morgan fingerprint density at radius 1 is 1.53 bits per heavy atom. The van der Waals surface area contributed by atoms with Crippen LogP contribution in [0.1, 0.15) is 50.2 Å². The first-order valence-electron chi connectivity index (χ1n) is 5.92. The van der Waals surface area contributed by atoms with Crippen LogP contribution in [-0.2, 0) is 10.2 Å². The minimum absolute atomic E-state index is 0.0925. The number of rotatable bonds is 2. The van der Waals surface area contributed by atoms with Gasteiger partial charge >= 0.3 is 5.97 Å². The van der Waals surface area contributed by atoms with Crippen molar-refractivity contribution >= 4 is 17.6 Å². The van der Waals surface area contributed by atoms with E-state index in [2.05, 4.69) is 13.8 Å². The fraction of sp³-hybridized carbons (Fsp3) is 0.500. The molecular formula is C14H17ClO2. The predicted octanol–water partition coefficient (Wildman–Crippen LogP) is 3.97. The number of hydrogen-bond acceptors (Lipinski definition) is 1. The van der Waals surface area contributed by atoms with E-state index in [9.17, 15) is 4.79 Å². The van der Waals surface area contributed by atoms with E-state index in [1.54, 1.807) is 0 Å². The number of carboxylic acid groups (broad SMARTS) is 1. The van der Waals surface area contributed by atoms with Gasteiger partial charge in [0.25, 0.3) is 0 Å². The molecule has 1 N–H and O–H groups in total. The van der Waals surface area contributed by atoms with E-state index in [0.29, 0.717) is 0 Å². The molecule has 0 amide bonds. The van der Waals surface area contributed by atoms with Crippen molar-refractivity contribution in [2.45, 2.75) is 44.4 Å². The summed E-state index contributed by atoms with van der Waals surface area (Å²) in [4.78, 5) is 10.9. The first-order valence-corrected chi connectivity index (χ1v) is 6.29. The van der Waals surface area contributed by atoms with Crippen molar-refractivity contribution in [3.05, 3.63) is 34.3 Å². The summed E-state index contributed by atoms with van der Waals surface area (Å²) in [5.74, 6) is -0.594. The topological polar surface area (TPSA) is 37.3 Å². The zero-order valence-electron chi connectivity index (χ0n) is 10.2. The van der Waals surface area contributed by atoms with Crippen LogP contribution in [0, 0.1) is 0 Å². The average Bonchev–Trinajstić information content (AvgIpc) is 2.22. The molecule has 0 radical (unpaired) electrons. The van der Waals surface area contributed by atoms with E-state index in [0.717, 1.165) is 23.4 Å². The summed E-state index contributed by atoms with van der Waals surface area (Å²) in [7, 11) is 0. The van der Waals surface area contributed by atoms with Crippen molar-refractivity contribution in [2.75, 3.05) is 0 Å². The second-order valence-corrected chi connectivity index (χ2v) is 5.89. The molecule has 0 spiro atoms. The van der Waals surface area contributed by atoms with E-state index in [1.807, 2.05) is 18.2 Å². The maximum Gasteiger partial charge on any atom is 0.303 e. The number of aliphatic carboxylic acids is 1. The first kappa shape index (κ1) is 12.4. The summed E-state index contributed by atoms with van der Waals surface area (Å²) in [5.41, 5.74) is 2.46. The fourth-order valence-corrected chi connectivity index (χ4v) is 2.89. The van der Waals surface area contributed by atoms with Crippen LogP contribution in [0.4, 0.5) is 0 Å². The summed E-state index contributed by atoms with van der Waals surface area (Å²) in [6.45, 7) is 4.39. The van der Waals surface area contributed by atoms with Crippen molar-refractivity contribution < 1.29 is 9.90 Å². The molecule has 17 heavy (non-hydrogen) atoms. The maximum atomic E-state index is 10.9. The van der Waals surface area contributed by atoms with Crippen LogP contribution in [0.5, 0.6) is 0 Å². The average molecular weight is 253 g/mol. The lowest BCUT2D eigenvalue weighted by Crippen LogP contribution is -2.27. The van der Waals surface area contributed by atoms with Crippen molar-refractivity contribution in [1.29, 1.82) is 0 Å². The molecule has 0 bridgehead atoms. The molecule has 0 fully saturated rings.